The van der Waals surface area contributed by atoms with Crippen LogP contribution in [-0.4, -0.2) is 62.5 Å². The molecule has 1 N–H and O–H groups in total. The number of fused-ring (bicyclic) bond motifs is 1. The summed E-state index contributed by atoms with van der Waals surface area (Å²) in [6, 6.07) is 13.5. The van der Waals surface area contributed by atoms with Gasteiger partial charge in [-0.15, -0.1) is 0 Å². The van der Waals surface area contributed by atoms with Gasteiger partial charge in [-0.05, 0) is 47.9 Å². The van der Waals surface area contributed by atoms with E-state index < -0.39 is 35.1 Å². The number of nitrogens with one attached hydrogen (secondary N) is 1. The molecule has 45 heavy (non-hydrogen) atoms. The van der Waals surface area contributed by atoms with Crippen molar-refractivity contribution < 1.29 is 32.6 Å². The number of benzene rings is 3. The molecular weight excluding hydrogens is 584 g/mol. The van der Waals surface area contributed by atoms with Gasteiger partial charge in [-0.25, -0.2) is 13.6 Å². The van der Waals surface area contributed by atoms with E-state index in [1.807, 2.05) is 43.0 Å². The fourth-order valence-electron chi connectivity index (χ4n) is 5.80. The minimum absolute atomic E-state index is 0.0468. The lowest BCUT2D eigenvalue weighted by atomic mass is 9.92. The molecule has 5 rings (SSSR count). The molecule has 1 aromatic heterocycles. The molecular formula is C34H35F2N3O6. The average Bonchev–Trinajstić information content (AvgIpc) is 3.03. The second-order valence-electron chi connectivity index (χ2n) is 11.1. The number of hydrogen-bond acceptors (Lipinski definition) is 7. The number of amides is 1. The Kier molecular flexibility index (Phi) is 9.19. The molecule has 2 heterocycles. The topological polar surface area (TPSA) is 99.1 Å². The molecule has 236 valence electrons. The predicted molar refractivity (Wildman–Crippen MR) is 167 cm³/mol. The summed E-state index contributed by atoms with van der Waals surface area (Å²) in [5, 5.41) is 3.90. The normalized spacial score (nSPS) is 15.5. The Hall–Kier alpha value is -4.77. The van der Waals surface area contributed by atoms with Gasteiger partial charge in [0.2, 0.25) is 0 Å². The third-order valence-corrected chi connectivity index (χ3v) is 8.31. The highest BCUT2D eigenvalue weighted by Gasteiger charge is 2.29. The van der Waals surface area contributed by atoms with Gasteiger partial charge in [0.25, 0.3) is 11.5 Å². The number of aromatic nitrogens is 1. The molecule has 0 bridgehead atoms. The molecule has 0 unspecified atom stereocenters. The number of pyridine rings is 1. The lowest BCUT2D eigenvalue weighted by Crippen LogP contribution is -2.44. The summed E-state index contributed by atoms with van der Waals surface area (Å²) in [5.74, 6) is -3.55. The zero-order valence-electron chi connectivity index (χ0n) is 25.8. The van der Waals surface area contributed by atoms with E-state index in [1.165, 1.54) is 18.8 Å². The first kappa shape index (κ1) is 31.6. The van der Waals surface area contributed by atoms with Crippen LogP contribution in [0.4, 0.5) is 14.5 Å². The fraction of sp³-hybridized carbons (Fsp3) is 0.324. The average molecular weight is 620 g/mol. The van der Waals surface area contributed by atoms with Crippen LogP contribution in [0.15, 0.2) is 59.4 Å². The van der Waals surface area contributed by atoms with Crippen LogP contribution in [0.25, 0.3) is 21.9 Å². The van der Waals surface area contributed by atoms with Gasteiger partial charge in [0.15, 0.2) is 0 Å². The minimum atomic E-state index is -1.27. The van der Waals surface area contributed by atoms with Crippen LogP contribution in [-0.2, 0) is 27.7 Å². The molecule has 1 fully saturated rings. The zero-order valence-corrected chi connectivity index (χ0v) is 25.8. The summed E-state index contributed by atoms with van der Waals surface area (Å²) in [4.78, 5) is 41.3. The van der Waals surface area contributed by atoms with Crippen molar-refractivity contribution in [1.29, 1.82) is 0 Å². The molecule has 0 aliphatic carbocycles. The lowest BCUT2D eigenvalue weighted by molar-refractivity contribution is -0.142. The van der Waals surface area contributed by atoms with Crippen LogP contribution in [0.3, 0.4) is 0 Å². The van der Waals surface area contributed by atoms with Crippen LogP contribution in [0.2, 0.25) is 0 Å². The number of esters is 1. The fourth-order valence-corrected chi connectivity index (χ4v) is 5.80. The van der Waals surface area contributed by atoms with E-state index in [0.717, 1.165) is 17.8 Å². The molecule has 2 atom stereocenters. The molecule has 1 saturated heterocycles. The number of carbonyl (C=O) groups is 2. The maximum atomic E-state index is 15.3. The summed E-state index contributed by atoms with van der Waals surface area (Å²) in [5.41, 5.74) is 1.66. The van der Waals surface area contributed by atoms with Crippen LogP contribution >= 0.6 is 0 Å². The van der Waals surface area contributed by atoms with E-state index in [-0.39, 0.29) is 18.0 Å². The van der Waals surface area contributed by atoms with Gasteiger partial charge in [0.05, 0.1) is 33.0 Å². The number of nitrogens with zero attached hydrogens (tertiary/aromatic N) is 2. The van der Waals surface area contributed by atoms with Crippen molar-refractivity contribution in [2.24, 2.45) is 7.05 Å². The molecule has 1 aliphatic rings. The van der Waals surface area contributed by atoms with Crippen molar-refractivity contribution >= 4 is 28.3 Å². The highest BCUT2D eigenvalue weighted by atomic mass is 19.1. The van der Waals surface area contributed by atoms with E-state index in [9.17, 15) is 14.4 Å². The Morgan fingerprint density at radius 1 is 1.07 bits per heavy atom. The summed E-state index contributed by atoms with van der Waals surface area (Å²) in [6.45, 7) is 4.98. The SMILES string of the molecule is COC(=O)[C@H](Cc1ccc(-c2c(OC)cc(C)n(C)c2=O)c2ccccc12)NC(=O)c1c(F)cc(N2CCOC[C@@H]2C)cc1F. The molecule has 0 radical (unpaired) electrons. The summed E-state index contributed by atoms with van der Waals surface area (Å²) < 4.78 is 48.0. The molecule has 4 aromatic rings. The first-order valence-corrected chi connectivity index (χ1v) is 14.5. The van der Waals surface area contributed by atoms with Crippen molar-refractivity contribution in [2.45, 2.75) is 32.4 Å². The monoisotopic (exact) mass is 619 g/mol. The number of rotatable bonds is 8. The standard InChI is InChI=1S/C34H35F2N3O6/c1-19-14-29(43-4)30(33(41)38(19)3)25-11-10-21(23-8-6-7-9-24(23)25)15-28(34(42)44-5)37-32(40)31-26(35)16-22(17-27(31)36)39-12-13-45-18-20(39)2/h6-11,14,16-17,20,28H,12-13,15,18H2,1-5H3,(H,37,40)/t20-,28-/m0/s1. The molecule has 9 nitrogen and oxygen atoms in total. The van der Waals surface area contributed by atoms with E-state index in [2.05, 4.69) is 5.32 Å². The number of ether oxygens (including phenoxy) is 3. The van der Waals surface area contributed by atoms with Gasteiger partial charge in [-0.1, -0.05) is 36.4 Å². The highest BCUT2D eigenvalue weighted by molar-refractivity contribution is 6.01. The van der Waals surface area contributed by atoms with Crippen molar-refractivity contribution in [3.63, 3.8) is 0 Å². The van der Waals surface area contributed by atoms with Gasteiger partial charge in [0, 0.05) is 43.5 Å². The van der Waals surface area contributed by atoms with Crippen LogP contribution in [0.5, 0.6) is 5.75 Å². The van der Waals surface area contributed by atoms with Crippen molar-refractivity contribution in [3.05, 3.63) is 93.4 Å². The van der Waals surface area contributed by atoms with Gasteiger partial charge < -0.3 is 29.0 Å². The number of hydrogen-bond donors (Lipinski definition) is 1. The Morgan fingerprint density at radius 2 is 1.76 bits per heavy atom. The number of anilines is 1. The summed E-state index contributed by atoms with van der Waals surface area (Å²) in [6.07, 6.45) is -0.0468. The Balaban J connectivity index is 1.49. The Bertz CT molecular complexity index is 1820. The third kappa shape index (κ3) is 6.12. The number of aryl methyl sites for hydroxylation is 1. The van der Waals surface area contributed by atoms with Crippen molar-refractivity contribution in [3.8, 4) is 16.9 Å². The largest absolute Gasteiger partial charge is 0.496 e. The first-order chi connectivity index (χ1) is 21.5. The van der Waals surface area contributed by atoms with E-state index in [4.69, 9.17) is 14.2 Å². The number of carbonyl (C=O) groups excluding carboxylic acids is 2. The van der Waals surface area contributed by atoms with Gasteiger partial charge in [0.1, 0.15) is 29.0 Å². The van der Waals surface area contributed by atoms with Crippen LogP contribution in [0, 0.1) is 18.6 Å². The lowest BCUT2D eigenvalue weighted by Gasteiger charge is -2.35. The van der Waals surface area contributed by atoms with Gasteiger partial charge in [-0.2, -0.15) is 0 Å². The Morgan fingerprint density at radius 3 is 2.40 bits per heavy atom. The third-order valence-electron chi connectivity index (χ3n) is 8.31. The van der Waals surface area contributed by atoms with Crippen molar-refractivity contribution in [1.82, 2.24) is 9.88 Å². The second kappa shape index (κ2) is 13.1. The first-order valence-electron chi connectivity index (χ1n) is 14.5. The van der Waals surface area contributed by atoms with Gasteiger partial charge >= 0.3 is 5.97 Å². The number of methoxy groups -OCH3 is 2. The van der Waals surface area contributed by atoms with E-state index >= 15 is 8.78 Å². The maximum Gasteiger partial charge on any atom is 0.328 e. The second-order valence-corrected chi connectivity index (χ2v) is 11.1. The summed E-state index contributed by atoms with van der Waals surface area (Å²) >= 11 is 0. The highest BCUT2D eigenvalue weighted by Crippen LogP contribution is 2.35. The van der Waals surface area contributed by atoms with Crippen LogP contribution < -0.4 is 20.5 Å². The number of morpholine rings is 1. The molecule has 11 heteroatoms. The molecule has 0 spiro atoms. The molecule has 1 aliphatic heterocycles. The van der Waals surface area contributed by atoms with Crippen molar-refractivity contribution in [2.75, 3.05) is 38.9 Å². The van der Waals surface area contributed by atoms with Gasteiger partial charge in [-0.3, -0.25) is 9.59 Å². The Labute approximate surface area is 259 Å². The molecule has 3 aromatic carbocycles. The molecule has 1 amide bonds. The van der Waals surface area contributed by atoms with E-state index in [0.29, 0.717) is 58.7 Å². The number of halogens is 2. The summed E-state index contributed by atoms with van der Waals surface area (Å²) in [7, 11) is 4.35. The smallest absolute Gasteiger partial charge is 0.328 e. The van der Waals surface area contributed by atoms with Crippen LogP contribution in [0.1, 0.15) is 28.5 Å². The minimum Gasteiger partial charge on any atom is -0.496 e. The quantitative estimate of drug-likeness (QED) is 0.289. The zero-order chi connectivity index (χ0) is 32.4. The maximum absolute atomic E-state index is 15.3. The molecule has 0 saturated carbocycles. The van der Waals surface area contributed by atoms with E-state index in [1.54, 1.807) is 25.2 Å². The predicted octanol–water partition coefficient (Wildman–Crippen LogP) is 4.54.